The van der Waals surface area contributed by atoms with E-state index in [0.29, 0.717) is 24.2 Å². The Kier molecular flexibility index (Phi) is 6.44. The molecule has 1 saturated heterocycles. The lowest BCUT2D eigenvalue weighted by atomic mass is 10.2. The van der Waals surface area contributed by atoms with Crippen molar-refractivity contribution < 1.29 is 26.3 Å². The summed E-state index contributed by atoms with van der Waals surface area (Å²) >= 11 is 0. The number of hydrogen-bond donors (Lipinski definition) is 1. The first kappa shape index (κ1) is 20.1. The summed E-state index contributed by atoms with van der Waals surface area (Å²) in [4.78, 5) is 0.0386. The van der Waals surface area contributed by atoms with Crippen molar-refractivity contribution in [3.05, 3.63) is 23.8 Å². The number of anilines is 1. The molecule has 1 heterocycles. The van der Waals surface area contributed by atoms with Gasteiger partial charge in [0.05, 0.1) is 22.9 Å². The maximum atomic E-state index is 12.6. The predicted molar refractivity (Wildman–Crippen MR) is 94.5 cm³/mol. The van der Waals surface area contributed by atoms with Crippen LogP contribution in [0.15, 0.2) is 23.1 Å². The van der Waals surface area contributed by atoms with Crippen LogP contribution in [-0.2, 0) is 29.5 Å². The van der Waals surface area contributed by atoms with Gasteiger partial charge in [-0.3, -0.25) is 4.31 Å². The van der Waals surface area contributed by atoms with Gasteiger partial charge in [0.15, 0.2) is 6.29 Å². The van der Waals surface area contributed by atoms with Gasteiger partial charge in [0.1, 0.15) is 0 Å². The van der Waals surface area contributed by atoms with Crippen LogP contribution >= 0.6 is 0 Å². The molecule has 0 spiro atoms. The Morgan fingerprint density at radius 2 is 1.92 bits per heavy atom. The molecule has 10 heteroatoms. The molecule has 0 unspecified atom stereocenters. The summed E-state index contributed by atoms with van der Waals surface area (Å²) in [6.07, 6.45) is 0.657. The molecule has 1 aliphatic heterocycles. The van der Waals surface area contributed by atoms with E-state index in [2.05, 4.69) is 4.72 Å². The average Bonchev–Trinajstić information content (AvgIpc) is 2.56. The molecule has 2 rings (SSSR count). The number of benzene rings is 1. The molecule has 1 aromatic carbocycles. The summed E-state index contributed by atoms with van der Waals surface area (Å²) in [5.74, 6) is 0.0740. The van der Waals surface area contributed by atoms with Crippen molar-refractivity contribution in [2.45, 2.75) is 31.0 Å². The number of rotatable bonds is 7. The van der Waals surface area contributed by atoms with Crippen molar-refractivity contribution >= 4 is 25.7 Å². The summed E-state index contributed by atoms with van der Waals surface area (Å²) in [5.41, 5.74) is 0.887. The lowest BCUT2D eigenvalue weighted by molar-refractivity contribution is -0.0960. The highest BCUT2D eigenvalue weighted by Crippen LogP contribution is 2.27. The minimum atomic E-state index is -3.84. The average molecular weight is 392 g/mol. The van der Waals surface area contributed by atoms with Gasteiger partial charge in [-0.15, -0.1) is 0 Å². The second-order valence-electron chi connectivity index (χ2n) is 5.80. The molecule has 0 aromatic heterocycles. The number of methoxy groups -OCH3 is 2. The fourth-order valence-corrected chi connectivity index (χ4v) is 5.54. The van der Waals surface area contributed by atoms with E-state index in [1.54, 1.807) is 19.1 Å². The van der Waals surface area contributed by atoms with E-state index in [0.717, 1.165) is 6.42 Å². The second-order valence-corrected chi connectivity index (χ2v) is 9.55. The van der Waals surface area contributed by atoms with Crippen molar-refractivity contribution in [3.63, 3.8) is 0 Å². The molecule has 0 atom stereocenters. The number of sulfonamides is 2. The highest BCUT2D eigenvalue weighted by molar-refractivity contribution is 7.92. The zero-order valence-corrected chi connectivity index (χ0v) is 16.2. The van der Waals surface area contributed by atoms with E-state index in [4.69, 9.17) is 9.47 Å². The Balaban J connectivity index is 2.32. The van der Waals surface area contributed by atoms with Crippen LogP contribution in [0, 0.1) is 6.92 Å². The van der Waals surface area contributed by atoms with E-state index in [1.165, 1.54) is 24.6 Å². The summed E-state index contributed by atoms with van der Waals surface area (Å²) in [6.45, 7) is 1.96. The third kappa shape index (κ3) is 4.70. The number of nitrogens with zero attached hydrogens (tertiary/aromatic N) is 1. The highest BCUT2D eigenvalue weighted by atomic mass is 32.2. The Hall–Kier alpha value is -1.20. The normalized spacial score (nSPS) is 17.8. The summed E-state index contributed by atoms with van der Waals surface area (Å²) in [7, 11) is -4.42. The number of aryl methyl sites for hydroxylation is 1. The van der Waals surface area contributed by atoms with Gasteiger partial charge in [0.25, 0.3) is 0 Å². The van der Waals surface area contributed by atoms with E-state index in [1.807, 2.05) is 0 Å². The second kappa shape index (κ2) is 8.00. The molecule has 0 amide bonds. The molecule has 142 valence electrons. The van der Waals surface area contributed by atoms with Crippen molar-refractivity contribution in [1.82, 2.24) is 4.72 Å². The van der Waals surface area contributed by atoms with Crippen LogP contribution in [0.3, 0.4) is 0 Å². The maximum Gasteiger partial charge on any atom is 0.241 e. The van der Waals surface area contributed by atoms with Crippen molar-refractivity contribution in [2.24, 2.45) is 0 Å². The number of hydrogen-bond acceptors (Lipinski definition) is 6. The zero-order chi connectivity index (χ0) is 18.7. The van der Waals surface area contributed by atoms with Crippen molar-refractivity contribution in [2.75, 3.05) is 37.4 Å². The standard InChI is InChI=1S/C15H24N2O6S2/c1-12-6-7-13(17-8-4-5-9-24(17,18)19)10-14(12)25(20,21)16-11-15(22-2)23-3/h6-7,10,15-16H,4-5,8-9,11H2,1-3H3. The lowest BCUT2D eigenvalue weighted by Gasteiger charge is -2.28. The molecule has 8 nitrogen and oxygen atoms in total. The van der Waals surface area contributed by atoms with Crippen LogP contribution in [0.5, 0.6) is 0 Å². The molecule has 1 aromatic rings. The highest BCUT2D eigenvalue weighted by Gasteiger charge is 2.28. The third-order valence-electron chi connectivity index (χ3n) is 4.06. The smallest absolute Gasteiger partial charge is 0.241 e. The molecule has 0 bridgehead atoms. The summed E-state index contributed by atoms with van der Waals surface area (Å²) in [6, 6.07) is 4.64. The van der Waals surface area contributed by atoms with Crippen molar-refractivity contribution in [3.8, 4) is 0 Å². The van der Waals surface area contributed by atoms with Crippen LogP contribution in [0.4, 0.5) is 5.69 Å². The summed E-state index contributed by atoms with van der Waals surface area (Å²) in [5, 5.41) is 0. The van der Waals surface area contributed by atoms with Crippen LogP contribution in [0.2, 0.25) is 0 Å². The van der Waals surface area contributed by atoms with E-state index >= 15 is 0 Å². The molecule has 25 heavy (non-hydrogen) atoms. The fraction of sp³-hybridized carbons (Fsp3) is 0.600. The largest absolute Gasteiger partial charge is 0.355 e. The first-order valence-corrected chi connectivity index (χ1v) is 11.0. The molecular formula is C15H24N2O6S2. The van der Waals surface area contributed by atoms with Gasteiger partial charge in [-0.05, 0) is 37.5 Å². The molecule has 0 saturated carbocycles. The van der Waals surface area contributed by atoms with Gasteiger partial charge in [0, 0.05) is 20.8 Å². The third-order valence-corrected chi connectivity index (χ3v) is 7.50. The van der Waals surface area contributed by atoms with Gasteiger partial charge < -0.3 is 9.47 Å². The van der Waals surface area contributed by atoms with Crippen LogP contribution in [-0.4, -0.2) is 56.2 Å². The Bertz CT molecular complexity index is 803. The fourth-order valence-electron chi connectivity index (χ4n) is 2.63. The van der Waals surface area contributed by atoms with E-state index < -0.39 is 26.3 Å². The van der Waals surface area contributed by atoms with Crippen LogP contribution in [0.1, 0.15) is 18.4 Å². The van der Waals surface area contributed by atoms with E-state index in [9.17, 15) is 16.8 Å². The zero-order valence-electron chi connectivity index (χ0n) is 14.6. The minimum absolute atomic E-state index is 0.0386. The minimum Gasteiger partial charge on any atom is -0.355 e. The van der Waals surface area contributed by atoms with Crippen molar-refractivity contribution in [1.29, 1.82) is 0 Å². The molecule has 0 aliphatic carbocycles. The van der Waals surface area contributed by atoms with E-state index in [-0.39, 0.29) is 17.2 Å². The Labute approximate surface area is 149 Å². The Morgan fingerprint density at radius 3 is 2.52 bits per heavy atom. The van der Waals surface area contributed by atoms with Gasteiger partial charge in [0.2, 0.25) is 20.0 Å². The van der Waals surface area contributed by atoms with Gasteiger partial charge in [-0.25, -0.2) is 21.6 Å². The van der Waals surface area contributed by atoms with Crippen LogP contribution < -0.4 is 9.03 Å². The SMILES string of the molecule is COC(CNS(=O)(=O)c1cc(N2CCCCS2(=O)=O)ccc1C)OC. The molecule has 1 fully saturated rings. The maximum absolute atomic E-state index is 12.6. The molecular weight excluding hydrogens is 368 g/mol. The summed E-state index contributed by atoms with van der Waals surface area (Å²) < 4.78 is 63.3. The predicted octanol–water partition coefficient (Wildman–Crippen LogP) is 0.822. The van der Waals surface area contributed by atoms with Gasteiger partial charge >= 0.3 is 0 Å². The molecule has 1 N–H and O–H groups in total. The number of ether oxygens (including phenoxy) is 2. The number of nitrogens with one attached hydrogen (secondary N) is 1. The monoisotopic (exact) mass is 392 g/mol. The van der Waals surface area contributed by atoms with Crippen LogP contribution in [0.25, 0.3) is 0 Å². The molecule has 1 aliphatic rings. The Morgan fingerprint density at radius 1 is 1.24 bits per heavy atom. The van der Waals surface area contributed by atoms with Gasteiger partial charge in [-0.1, -0.05) is 6.07 Å². The first-order chi connectivity index (χ1) is 11.7. The quantitative estimate of drug-likeness (QED) is 0.690. The van der Waals surface area contributed by atoms with Gasteiger partial charge in [-0.2, -0.15) is 0 Å². The molecule has 0 radical (unpaired) electrons. The topological polar surface area (TPSA) is 102 Å². The first-order valence-electron chi connectivity index (χ1n) is 7.87. The lowest BCUT2D eigenvalue weighted by Crippen LogP contribution is -2.38.